The molecule has 0 aromatic heterocycles. The third-order valence-corrected chi connectivity index (χ3v) is 4.59. The number of benzene rings is 2. The molecule has 9 heteroatoms. The average molecular weight is 452 g/mol. The van der Waals surface area contributed by atoms with Gasteiger partial charge in [-0.3, -0.25) is 15.6 Å². The second-order valence-electron chi connectivity index (χ2n) is 6.05. The molecule has 3 N–H and O–H groups in total. The zero-order valence-corrected chi connectivity index (χ0v) is 19.0. The Morgan fingerprint density at radius 2 is 1.60 bits per heavy atom. The van der Waals surface area contributed by atoms with E-state index in [4.69, 9.17) is 38.0 Å². The van der Waals surface area contributed by atoms with E-state index in [1.807, 2.05) is 39.8 Å². The lowest BCUT2D eigenvalue weighted by molar-refractivity contribution is 0.0943. The van der Waals surface area contributed by atoms with Crippen LogP contribution in [0.5, 0.6) is 17.2 Å². The number of hydrogen-bond acceptors (Lipinski definition) is 5. The van der Waals surface area contributed by atoms with Crippen LogP contribution in [0.15, 0.2) is 30.3 Å². The Hall–Kier alpha value is -2.71. The van der Waals surface area contributed by atoms with Gasteiger partial charge in [0.2, 0.25) is 5.75 Å². The maximum atomic E-state index is 12.7. The highest BCUT2D eigenvalue weighted by molar-refractivity contribution is 7.80. The van der Waals surface area contributed by atoms with Gasteiger partial charge in [-0.2, -0.15) is 0 Å². The zero-order chi connectivity index (χ0) is 22.1. The second kappa shape index (κ2) is 11.5. The number of hydrogen-bond donors (Lipinski definition) is 3. The van der Waals surface area contributed by atoms with Crippen molar-refractivity contribution in [2.75, 3.05) is 25.1 Å². The highest BCUT2D eigenvalue weighted by Crippen LogP contribution is 2.39. The van der Waals surface area contributed by atoms with Crippen LogP contribution >= 0.6 is 23.8 Å². The average Bonchev–Trinajstić information content (AvgIpc) is 2.72. The molecular weight excluding hydrogens is 426 g/mol. The lowest BCUT2D eigenvalue weighted by atomic mass is 10.1. The van der Waals surface area contributed by atoms with E-state index >= 15 is 0 Å². The molecule has 0 bridgehead atoms. The van der Waals surface area contributed by atoms with Gasteiger partial charge in [0.15, 0.2) is 16.6 Å². The Kier molecular flexibility index (Phi) is 9.01. The van der Waals surface area contributed by atoms with Gasteiger partial charge in [0.05, 0.1) is 19.8 Å². The van der Waals surface area contributed by atoms with Crippen LogP contribution in [0.4, 0.5) is 5.69 Å². The van der Waals surface area contributed by atoms with E-state index in [0.29, 0.717) is 47.7 Å². The van der Waals surface area contributed by atoms with Crippen molar-refractivity contribution in [2.24, 2.45) is 0 Å². The van der Waals surface area contributed by atoms with Gasteiger partial charge in [0.1, 0.15) is 0 Å². The Balaban J connectivity index is 2.13. The third-order valence-electron chi connectivity index (χ3n) is 3.98. The van der Waals surface area contributed by atoms with Crippen molar-refractivity contribution >= 4 is 40.5 Å². The topological polar surface area (TPSA) is 80.9 Å². The van der Waals surface area contributed by atoms with E-state index in [-0.39, 0.29) is 5.11 Å². The van der Waals surface area contributed by atoms with Crippen LogP contribution in [-0.2, 0) is 0 Å². The Morgan fingerprint density at radius 3 is 2.17 bits per heavy atom. The fourth-order valence-electron chi connectivity index (χ4n) is 2.60. The van der Waals surface area contributed by atoms with Gasteiger partial charge in [0, 0.05) is 16.3 Å². The number of anilines is 1. The molecule has 2 rings (SSSR count). The van der Waals surface area contributed by atoms with Gasteiger partial charge < -0.3 is 19.5 Å². The Labute approximate surface area is 187 Å². The lowest BCUT2D eigenvalue weighted by Crippen LogP contribution is -2.43. The number of thiocarbonyl (C=S) groups is 1. The van der Waals surface area contributed by atoms with Crippen molar-refractivity contribution in [1.29, 1.82) is 0 Å². The monoisotopic (exact) mass is 451 g/mol. The SMILES string of the molecule is CCOc1cc(C(=O)NNC(=S)Nc2cccc(Cl)c2C)cc(OCC)c1OCC. The predicted octanol–water partition coefficient (Wildman–Crippen LogP) is 4.48. The first-order valence-electron chi connectivity index (χ1n) is 9.60. The molecule has 7 nitrogen and oxygen atoms in total. The molecule has 2 aromatic rings. The lowest BCUT2D eigenvalue weighted by Gasteiger charge is -2.17. The first kappa shape index (κ1) is 23.6. The van der Waals surface area contributed by atoms with Crippen molar-refractivity contribution in [3.63, 3.8) is 0 Å². The van der Waals surface area contributed by atoms with Crippen LogP contribution in [0.2, 0.25) is 5.02 Å². The summed E-state index contributed by atoms with van der Waals surface area (Å²) in [5.41, 5.74) is 7.18. The summed E-state index contributed by atoms with van der Waals surface area (Å²) in [5, 5.41) is 3.83. The highest BCUT2D eigenvalue weighted by Gasteiger charge is 2.18. The summed E-state index contributed by atoms with van der Waals surface area (Å²) in [6, 6.07) is 8.64. The van der Waals surface area contributed by atoms with Crippen LogP contribution < -0.4 is 30.4 Å². The molecule has 0 aliphatic rings. The molecule has 0 fully saturated rings. The van der Waals surface area contributed by atoms with Gasteiger partial charge in [-0.05, 0) is 69.7 Å². The van der Waals surface area contributed by atoms with Gasteiger partial charge >= 0.3 is 0 Å². The van der Waals surface area contributed by atoms with Crippen LogP contribution in [0, 0.1) is 6.92 Å². The molecule has 0 aliphatic heterocycles. The normalized spacial score (nSPS) is 10.2. The van der Waals surface area contributed by atoms with Crippen molar-refractivity contribution < 1.29 is 19.0 Å². The quantitative estimate of drug-likeness (QED) is 0.403. The number of nitrogens with one attached hydrogen (secondary N) is 3. The molecule has 30 heavy (non-hydrogen) atoms. The molecule has 2 aromatic carbocycles. The maximum absolute atomic E-state index is 12.7. The molecule has 0 saturated heterocycles. The van der Waals surface area contributed by atoms with Crippen molar-refractivity contribution in [3.05, 3.63) is 46.5 Å². The maximum Gasteiger partial charge on any atom is 0.269 e. The zero-order valence-electron chi connectivity index (χ0n) is 17.4. The standard InChI is InChI=1S/C21H26ClN3O4S/c1-5-27-17-11-14(12-18(28-6-2)19(17)29-7-3)20(26)24-25-21(30)23-16-10-8-9-15(22)13(16)4/h8-12H,5-7H2,1-4H3,(H,24,26)(H2,23,25,30). The second-order valence-corrected chi connectivity index (χ2v) is 6.86. The minimum absolute atomic E-state index is 0.217. The number of rotatable bonds is 8. The van der Waals surface area contributed by atoms with Gasteiger partial charge in [-0.25, -0.2) is 0 Å². The molecular formula is C21H26ClN3O4S. The summed E-state index contributed by atoms with van der Waals surface area (Å²) < 4.78 is 16.9. The van der Waals surface area contributed by atoms with Crippen LogP contribution in [0.1, 0.15) is 36.7 Å². The molecule has 0 unspecified atom stereocenters. The van der Waals surface area contributed by atoms with E-state index in [1.165, 1.54) is 0 Å². The highest BCUT2D eigenvalue weighted by atomic mass is 35.5. The predicted molar refractivity (Wildman–Crippen MR) is 123 cm³/mol. The van der Waals surface area contributed by atoms with Crippen LogP contribution in [0.25, 0.3) is 0 Å². The van der Waals surface area contributed by atoms with E-state index in [1.54, 1.807) is 18.2 Å². The van der Waals surface area contributed by atoms with Crippen molar-refractivity contribution in [1.82, 2.24) is 10.9 Å². The molecule has 1 amide bonds. The molecule has 0 radical (unpaired) electrons. The largest absolute Gasteiger partial charge is 0.490 e. The summed E-state index contributed by atoms with van der Waals surface area (Å²) in [7, 11) is 0. The number of amides is 1. The van der Waals surface area contributed by atoms with Crippen LogP contribution in [0.3, 0.4) is 0 Å². The van der Waals surface area contributed by atoms with Crippen LogP contribution in [-0.4, -0.2) is 30.8 Å². The van der Waals surface area contributed by atoms with Gasteiger partial charge in [-0.15, -0.1) is 0 Å². The van der Waals surface area contributed by atoms with E-state index in [2.05, 4.69) is 16.2 Å². The fourth-order valence-corrected chi connectivity index (χ4v) is 2.94. The first-order chi connectivity index (χ1) is 14.4. The van der Waals surface area contributed by atoms with Gasteiger partial charge in [0.25, 0.3) is 5.91 Å². The fraction of sp³-hybridized carbons (Fsp3) is 0.333. The molecule has 162 valence electrons. The summed E-state index contributed by atoms with van der Waals surface area (Å²) in [4.78, 5) is 12.7. The van der Waals surface area contributed by atoms with Crippen molar-refractivity contribution in [2.45, 2.75) is 27.7 Å². The molecule has 0 heterocycles. The summed E-state index contributed by atoms with van der Waals surface area (Å²) in [5.74, 6) is 0.933. The molecule has 0 saturated carbocycles. The summed E-state index contributed by atoms with van der Waals surface area (Å²) in [6.07, 6.45) is 0. The smallest absolute Gasteiger partial charge is 0.269 e. The first-order valence-corrected chi connectivity index (χ1v) is 10.4. The third kappa shape index (κ3) is 6.14. The Bertz CT molecular complexity index is 881. The summed E-state index contributed by atoms with van der Waals surface area (Å²) in [6.45, 7) is 8.72. The van der Waals surface area contributed by atoms with Crippen molar-refractivity contribution in [3.8, 4) is 17.2 Å². The number of carbonyl (C=O) groups excluding carboxylic acids is 1. The van der Waals surface area contributed by atoms with Gasteiger partial charge in [-0.1, -0.05) is 17.7 Å². The number of carbonyl (C=O) groups is 1. The molecule has 0 atom stereocenters. The summed E-state index contributed by atoms with van der Waals surface area (Å²) >= 11 is 11.4. The van der Waals surface area contributed by atoms with E-state index in [0.717, 1.165) is 11.3 Å². The molecule has 0 aliphatic carbocycles. The number of ether oxygens (including phenoxy) is 3. The minimum Gasteiger partial charge on any atom is -0.490 e. The Morgan fingerprint density at radius 1 is 1.00 bits per heavy atom. The number of hydrazine groups is 1. The van der Waals surface area contributed by atoms with E-state index in [9.17, 15) is 4.79 Å². The van der Waals surface area contributed by atoms with E-state index < -0.39 is 5.91 Å². The molecule has 0 spiro atoms. The minimum atomic E-state index is -0.410. The number of halogens is 1.